The highest BCUT2D eigenvalue weighted by Gasteiger charge is 2.25. The Hall–Kier alpha value is -2.37. The van der Waals surface area contributed by atoms with Crippen molar-refractivity contribution in [2.75, 3.05) is 13.1 Å². The highest BCUT2D eigenvalue weighted by atomic mass is 19.1. The van der Waals surface area contributed by atoms with E-state index < -0.39 is 11.6 Å². The van der Waals surface area contributed by atoms with Gasteiger partial charge in [0.1, 0.15) is 17.3 Å². The Morgan fingerprint density at radius 1 is 1.28 bits per heavy atom. The maximum absolute atomic E-state index is 13.7. The van der Waals surface area contributed by atoms with Crippen molar-refractivity contribution in [3.63, 3.8) is 0 Å². The number of carbonyl (C=O) groups excluding carboxylic acids is 1. The molecule has 0 aliphatic carbocycles. The molecule has 1 fully saturated rings. The second kappa shape index (κ2) is 7.68. The third-order valence-electron chi connectivity index (χ3n) is 4.64. The van der Waals surface area contributed by atoms with Gasteiger partial charge in [-0.3, -0.25) is 9.78 Å². The van der Waals surface area contributed by atoms with Gasteiger partial charge in [-0.15, -0.1) is 0 Å². The van der Waals surface area contributed by atoms with Gasteiger partial charge in [0.25, 0.3) is 5.91 Å². The molecule has 0 unspecified atom stereocenters. The Morgan fingerprint density at radius 2 is 2.12 bits per heavy atom. The molecular weight excluding hydrogens is 324 g/mol. The molecule has 1 amide bonds. The fraction of sp³-hybridized carbons (Fsp3) is 0.421. The van der Waals surface area contributed by atoms with E-state index in [1.165, 1.54) is 18.3 Å². The molecule has 1 atom stereocenters. The predicted octanol–water partition coefficient (Wildman–Crippen LogP) is 3.55. The van der Waals surface area contributed by atoms with Crippen LogP contribution in [0.3, 0.4) is 0 Å². The minimum absolute atomic E-state index is 0.106. The monoisotopic (exact) mass is 345 g/mol. The lowest BCUT2D eigenvalue weighted by molar-refractivity contribution is 0.0661. The maximum Gasteiger partial charge on any atom is 0.274 e. The molecule has 0 bridgehead atoms. The third-order valence-corrected chi connectivity index (χ3v) is 4.64. The minimum atomic E-state index is -0.560. The molecule has 2 aromatic rings. The van der Waals surface area contributed by atoms with E-state index in [0.29, 0.717) is 36.7 Å². The number of benzene rings is 1. The number of carbonyl (C=O) groups is 1. The first-order valence-electron chi connectivity index (χ1n) is 8.55. The first kappa shape index (κ1) is 17.5. The van der Waals surface area contributed by atoms with E-state index in [1.54, 1.807) is 11.1 Å². The molecule has 0 radical (unpaired) electrons. The quantitative estimate of drug-likeness (QED) is 0.851. The van der Waals surface area contributed by atoms with Gasteiger partial charge in [-0.1, -0.05) is 6.07 Å². The Kier molecular flexibility index (Phi) is 5.36. The summed E-state index contributed by atoms with van der Waals surface area (Å²) in [5, 5.41) is 0. The molecule has 2 heterocycles. The molecule has 3 rings (SSSR count). The van der Waals surface area contributed by atoms with Gasteiger partial charge in [-0.05, 0) is 50.2 Å². The van der Waals surface area contributed by atoms with Crippen LogP contribution in [-0.4, -0.2) is 33.9 Å². The van der Waals surface area contributed by atoms with Crippen molar-refractivity contribution in [2.24, 2.45) is 5.92 Å². The van der Waals surface area contributed by atoms with Crippen LogP contribution in [0.2, 0.25) is 0 Å². The summed E-state index contributed by atoms with van der Waals surface area (Å²) in [6, 6.07) is 3.70. The minimum Gasteiger partial charge on any atom is -0.337 e. The summed E-state index contributed by atoms with van der Waals surface area (Å²) in [6.07, 6.45) is 6.34. The smallest absolute Gasteiger partial charge is 0.274 e. The average Bonchev–Trinajstić information content (AvgIpc) is 2.61. The largest absolute Gasteiger partial charge is 0.337 e. The topological polar surface area (TPSA) is 46.1 Å². The second-order valence-corrected chi connectivity index (χ2v) is 6.58. The van der Waals surface area contributed by atoms with Crippen molar-refractivity contribution < 1.29 is 13.6 Å². The summed E-state index contributed by atoms with van der Waals surface area (Å²) in [5.74, 6) is -0.862. The first-order valence-corrected chi connectivity index (χ1v) is 8.55. The van der Waals surface area contributed by atoms with Crippen molar-refractivity contribution in [1.82, 2.24) is 14.9 Å². The number of halogens is 2. The van der Waals surface area contributed by atoms with Gasteiger partial charge < -0.3 is 4.90 Å². The molecular formula is C19H21F2N3O. The zero-order valence-electron chi connectivity index (χ0n) is 14.2. The van der Waals surface area contributed by atoms with Crippen LogP contribution in [0.25, 0.3) is 0 Å². The lowest BCUT2D eigenvalue weighted by Gasteiger charge is -2.32. The summed E-state index contributed by atoms with van der Waals surface area (Å²) >= 11 is 0. The van der Waals surface area contributed by atoms with Crippen LogP contribution in [-0.2, 0) is 6.42 Å². The zero-order chi connectivity index (χ0) is 17.8. The fourth-order valence-corrected chi connectivity index (χ4v) is 3.23. The van der Waals surface area contributed by atoms with Gasteiger partial charge in [0.05, 0.1) is 11.9 Å². The molecule has 1 aromatic carbocycles. The van der Waals surface area contributed by atoms with Crippen molar-refractivity contribution in [3.05, 3.63) is 59.2 Å². The molecule has 0 saturated carbocycles. The van der Waals surface area contributed by atoms with Crippen LogP contribution in [0.4, 0.5) is 8.78 Å². The van der Waals surface area contributed by atoms with E-state index in [0.717, 1.165) is 31.0 Å². The molecule has 1 aliphatic rings. The molecule has 1 saturated heterocycles. The third kappa shape index (κ3) is 4.38. The molecule has 1 aromatic heterocycles. The number of piperidine rings is 1. The Balaban J connectivity index is 1.59. The molecule has 25 heavy (non-hydrogen) atoms. The van der Waals surface area contributed by atoms with Crippen LogP contribution in [0.15, 0.2) is 30.6 Å². The van der Waals surface area contributed by atoms with E-state index in [9.17, 15) is 13.6 Å². The lowest BCUT2D eigenvalue weighted by atomic mass is 9.91. The van der Waals surface area contributed by atoms with E-state index in [4.69, 9.17) is 0 Å². The highest BCUT2D eigenvalue weighted by Crippen LogP contribution is 2.23. The maximum atomic E-state index is 13.7. The standard InChI is InChI=1S/C19H21F2N3O/c1-13-10-23-18(11-22-13)19(25)24-8-2-3-14(12-24)4-5-15-6-7-16(20)9-17(15)21/h6-7,9-11,14H,2-5,8,12H2,1H3/t14-/m0/s1. The summed E-state index contributed by atoms with van der Waals surface area (Å²) < 4.78 is 26.7. The molecule has 132 valence electrons. The molecule has 6 heteroatoms. The second-order valence-electron chi connectivity index (χ2n) is 6.58. The summed E-state index contributed by atoms with van der Waals surface area (Å²) in [4.78, 5) is 22.6. The van der Waals surface area contributed by atoms with E-state index in [1.807, 2.05) is 6.92 Å². The van der Waals surface area contributed by atoms with Crippen LogP contribution < -0.4 is 0 Å². The van der Waals surface area contributed by atoms with Crippen molar-refractivity contribution in [3.8, 4) is 0 Å². The number of amides is 1. The number of hydrogen-bond donors (Lipinski definition) is 0. The van der Waals surface area contributed by atoms with Crippen molar-refractivity contribution >= 4 is 5.91 Å². The fourth-order valence-electron chi connectivity index (χ4n) is 3.23. The van der Waals surface area contributed by atoms with E-state index in [-0.39, 0.29) is 5.91 Å². The Labute approximate surface area is 145 Å². The van der Waals surface area contributed by atoms with Crippen molar-refractivity contribution in [1.29, 1.82) is 0 Å². The van der Waals surface area contributed by atoms with E-state index >= 15 is 0 Å². The van der Waals surface area contributed by atoms with Gasteiger partial charge >= 0.3 is 0 Å². The normalized spacial score (nSPS) is 17.6. The average molecular weight is 345 g/mol. The summed E-state index contributed by atoms with van der Waals surface area (Å²) in [7, 11) is 0. The summed E-state index contributed by atoms with van der Waals surface area (Å²) in [5.41, 5.74) is 1.65. The number of aromatic nitrogens is 2. The first-order chi connectivity index (χ1) is 12.0. The number of nitrogens with zero attached hydrogens (tertiary/aromatic N) is 3. The van der Waals surface area contributed by atoms with Crippen LogP contribution in [0.5, 0.6) is 0 Å². The molecule has 4 nitrogen and oxygen atoms in total. The lowest BCUT2D eigenvalue weighted by Crippen LogP contribution is -2.40. The van der Waals surface area contributed by atoms with Gasteiger partial charge in [-0.2, -0.15) is 0 Å². The summed E-state index contributed by atoms with van der Waals surface area (Å²) in [6.45, 7) is 3.17. The van der Waals surface area contributed by atoms with Gasteiger partial charge in [0.15, 0.2) is 0 Å². The van der Waals surface area contributed by atoms with E-state index in [2.05, 4.69) is 9.97 Å². The predicted molar refractivity (Wildman–Crippen MR) is 90.1 cm³/mol. The van der Waals surface area contributed by atoms with Crippen LogP contribution >= 0.6 is 0 Å². The Morgan fingerprint density at radius 3 is 2.84 bits per heavy atom. The van der Waals surface area contributed by atoms with Gasteiger partial charge in [0.2, 0.25) is 0 Å². The number of hydrogen-bond acceptors (Lipinski definition) is 3. The molecule has 1 aliphatic heterocycles. The molecule has 0 N–H and O–H groups in total. The number of aryl methyl sites for hydroxylation is 2. The molecule has 0 spiro atoms. The Bertz CT molecular complexity index is 749. The van der Waals surface area contributed by atoms with Crippen LogP contribution in [0, 0.1) is 24.5 Å². The highest BCUT2D eigenvalue weighted by molar-refractivity contribution is 5.92. The SMILES string of the molecule is Cc1cnc(C(=O)N2CCC[C@@H](CCc3ccc(F)cc3F)C2)cn1. The number of likely N-dealkylation sites (tertiary alicyclic amines) is 1. The van der Waals surface area contributed by atoms with Gasteiger partial charge in [0, 0.05) is 25.4 Å². The van der Waals surface area contributed by atoms with Crippen molar-refractivity contribution in [2.45, 2.75) is 32.6 Å². The van der Waals surface area contributed by atoms with Crippen LogP contribution in [0.1, 0.15) is 41.0 Å². The van der Waals surface area contributed by atoms with Gasteiger partial charge in [-0.25, -0.2) is 13.8 Å². The zero-order valence-corrected chi connectivity index (χ0v) is 14.2. The number of rotatable bonds is 4.